The molecule has 1 unspecified atom stereocenters. The fraction of sp³-hybridized carbons (Fsp3) is 0.368. The molecular formula is C19H21N7S2. The third-order valence-corrected chi connectivity index (χ3v) is 7.19. The van der Waals surface area contributed by atoms with Crippen LogP contribution in [0.3, 0.4) is 0 Å². The third-order valence-electron chi connectivity index (χ3n) is 5.23. The highest BCUT2D eigenvalue weighted by atomic mass is 32.1. The fourth-order valence-electron chi connectivity index (χ4n) is 3.63. The monoisotopic (exact) mass is 411 g/mol. The number of anilines is 1. The number of tetrazole rings is 1. The largest absolute Gasteiger partial charge is 0.345 e. The van der Waals surface area contributed by atoms with Gasteiger partial charge in [-0.1, -0.05) is 29.5 Å². The van der Waals surface area contributed by atoms with Crippen LogP contribution >= 0.6 is 22.7 Å². The number of piperazine rings is 1. The second-order valence-electron chi connectivity index (χ2n) is 6.94. The van der Waals surface area contributed by atoms with Crippen molar-refractivity contribution in [3.63, 3.8) is 0 Å². The van der Waals surface area contributed by atoms with E-state index in [1.807, 2.05) is 10.7 Å². The van der Waals surface area contributed by atoms with Crippen molar-refractivity contribution in [1.29, 1.82) is 0 Å². The minimum absolute atomic E-state index is 0.187. The zero-order valence-electron chi connectivity index (χ0n) is 15.6. The second kappa shape index (κ2) is 7.57. The van der Waals surface area contributed by atoms with E-state index in [0.717, 1.165) is 49.2 Å². The van der Waals surface area contributed by atoms with E-state index in [1.54, 1.807) is 22.7 Å². The van der Waals surface area contributed by atoms with Gasteiger partial charge in [0.1, 0.15) is 0 Å². The number of rotatable bonds is 5. The van der Waals surface area contributed by atoms with Gasteiger partial charge in [0.2, 0.25) is 0 Å². The molecule has 0 saturated carbocycles. The van der Waals surface area contributed by atoms with E-state index in [9.17, 15) is 0 Å². The molecule has 1 atom stereocenters. The van der Waals surface area contributed by atoms with Gasteiger partial charge < -0.3 is 4.90 Å². The van der Waals surface area contributed by atoms with Gasteiger partial charge in [0, 0.05) is 31.1 Å². The molecule has 1 saturated heterocycles. The summed E-state index contributed by atoms with van der Waals surface area (Å²) in [4.78, 5) is 10.9. The summed E-state index contributed by atoms with van der Waals surface area (Å²) in [5.74, 6) is 0.932. The van der Waals surface area contributed by atoms with E-state index in [1.165, 1.54) is 9.58 Å². The first kappa shape index (κ1) is 17.7. The molecule has 0 aliphatic carbocycles. The number of thiazole rings is 1. The maximum absolute atomic E-state index is 4.80. The number of nitrogens with zero attached hydrogens (tertiary/aromatic N) is 7. The van der Waals surface area contributed by atoms with Crippen molar-refractivity contribution in [3.05, 3.63) is 52.5 Å². The normalized spacial score (nSPS) is 16.7. The SMILES string of the molecule is CC(c1nnnn1Cc1cccs1)N1CCN(c2nc3ccccc3s2)CC1. The molecule has 0 amide bonds. The van der Waals surface area contributed by atoms with Crippen molar-refractivity contribution in [2.45, 2.75) is 19.5 Å². The lowest BCUT2D eigenvalue weighted by molar-refractivity contribution is 0.187. The molecule has 7 nitrogen and oxygen atoms in total. The third kappa shape index (κ3) is 3.41. The summed E-state index contributed by atoms with van der Waals surface area (Å²) in [5.41, 5.74) is 1.09. The number of hydrogen-bond acceptors (Lipinski definition) is 8. The first-order chi connectivity index (χ1) is 13.8. The highest BCUT2D eigenvalue weighted by molar-refractivity contribution is 7.22. The Morgan fingerprint density at radius 2 is 1.93 bits per heavy atom. The van der Waals surface area contributed by atoms with Crippen molar-refractivity contribution in [3.8, 4) is 0 Å². The standard InChI is InChI=1S/C19H21N7S2/c1-14(18-21-22-23-26(18)13-15-5-4-12-27-15)24-8-10-25(11-9-24)19-20-16-6-2-3-7-17(16)28-19/h2-7,12,14H,8-11,13H2,1H3. The van der Waals surface area contributed by atoms with Crippen LogP contribution in [0.4, 0.5) is 5.13 Å². The summed E-state index contributed by atoms with van der Waals surface area (Å²) < 4.78 is 3.18. The van der Waals surface area contributed by atoms with Gasteiger partial charge in [-0.05, 0) is 40.9 Å². The molecule has 4 aromatic rings. The predicted octanol–water partition coefficient (Wildman–Crippen LogP) is 3.28. The highest BCUT2D eigenvalue weighted by Crippen LogP contribution is 2.30. The number of aromatic nitrogens is 5. The molecule has 1 aliphatic rings. The Hall–Kier alpha value is -2.36. The molecule has 0 spiro atoms. The molecule has 1 fully saturated rings. The Morgan fingerprint density at radius 1 is 1.07 bits per heavy atom. The maximum Gasteiger partial charge on any atom is 0.186 e. The van der Waals surface area contributed by atoms with Crippen molar-refractivity contribution in [2.75, 3.05) is 31.1 Å². The van der Waals surface area contributed by atoms with Gasteiger partial charge in [-0.2, -0.15) is 0 Å². The molecule has 0 radical (unpaired) electrons. The Bertz CT molecular complexity index is 1010. The molecule has 0 N–H and O–H groups in total. The molecule has 9 heteroatoms. The molecule has 28 heavy (non-hydrogen) atoms. The minimum atomic E-state index is 0.187. The summed E-state index contributed by atoms with van der Waals surface area (Å²) in [5, 5.41) is 15.7. The Kier molecular flexibility index (Phi) is 4.79. The molecule has 3 aromatic heterocycles. The lowest BCUT2D eigenvalue weighted by Crippen LogP contribution is -2.47. The molecule has 0 bridgehead atoms. The van der Waals surface area contributed by atoms with Crippen LogP contribution < -0.4 is 4.90 Å². The van der Waals surface area contributed by atoms with E-state index in [4.69, 9.17) is 4.98 Å². The Balaban J connectivity index is 1.26. The molecular weight excluding hydrogens is 390 g/mol. The van der Waals surface area contributed by atoms with Crippen LogP contribution in [0.1, 0.15) is 23.7 Å². The van der Waals surface area contributed by atoms with Gasteiger partial charge >= 0.3 is 0 Å². The fourth-order valence-corrected chi connectivity index (χ4v) is 5.34. The van der Waals surface area contributed by atoms with Crippen molar-refractivity contribution in [1.82, 2.24) is 30.1 Å². The first-order valence-corrected chi connectivity index (χ1v) is 11.1. The topological polar surface area (TPSA) is 63.0 Å². The molecule has 1 aromatic carbocycles. The Labute approximate surface area is 171 Å². The number of fused-ring (bicyclic) bond motifs is 1. The number of para-hydroxylation sites is 1. The molecule has 144 valence electrons. The average Bonchev–Trinajstić information content (AvgIpc) is 3.48. The lowest BCUT2D eigenvalue weighted by atomic mass is 10.2. The number of benzene rings is 1. The summed E-state index contributed by atoms with van der Waals surface area (Å²) in [6.07, 6.45) is 0. The van der Waals surface area contributed by atoms with Gasteiger partial charge in [-0.25, -0.2) is 9.67 Å². The summed E-state index contributed by atoms with van der Waals surface area (Å²) in [6, 6.07) is 12.7. The van der Waals surface area contributed by atoms with Crippen LogP contribution in [0.25, 0.3) is 10.2 Å². The van der Waals surface area contributed by atoms with Crippen LogP contribution in [0.5, 0.6) is 0 Å². The van der Waals surface area contributed by atoms with Crippen LogP contribution in [0, 0.1) is 0 Å². The minimum Gasteiger partial charge on any atom is -0.345 e. The van der Waals surface area contributed by atoms with Gasteiger partial charge in [0.25, 0.3) is 0 Å². The van der Waals surface area contributed by atoms with Gasteiger partial charge in [-0.3, -0.25) is 4.90 Å². The smallest absolute Gasteiger partial charge is 0.186 e. The van der Waals surface area contributed by atoms with Crippen LogP contribution in [0.2, 0.25) is 0 Å². The highest BCUT2D eigenvalue weighted by Gasteiger charge is 2.27. The Morgan fingerprint density at radius 3 is 2.71 bits per heavy atom. The molecule has 4 heterocycles. The van der Waals surface area contributed by atoms with Crippen molar-refractivity contribution < 1.29 is 0 Å². The van der Waals surface area contributed by atoms with E-state index < -0.39 is 0 Å². The van der Waals surface area contributed by atoms with Gasteiger partial charge in [-0.15, -0.1) is 16.4 Å². The van der Waals surface area contributed by atoms with Crippen molar-refractivity contribution in [2.24, 2.45) is 0 Å². The average molecular weight is 412 g/mol. The second-order valence-corrected chi connectivity index (χ2v) is 8.98. The maximum atomic E-state index is 4.80. The quantitative estimate of drug-likeness (QED) is 0.502. The zero-order valence-corrected chi connectivity index (χ0v) is 17.2. The first-order valence-electron chi connectivity index (χ1n) is 9.41. The zero-order chi connectivity index (χ0) is 18.9. The molecule has 1 aliphatic heterocycles. The van der Waals surface area contributed by atoms with Crippen LogP contribution in [0.15, 0.2) is 41.8 Å². The van der Waals surface area contributed by atoms with E-state index in [2.05, 4.69) is 68.0 Å². The van der Waals surface area contributed by atoms with Gasteiger partial charge in [0.05, 0.1) is 22.8 Å². The molecule has 5 rings (SSSR count). The van der Waals surface area contributed by atoms with Crippen molar-refractivity contribution >= 4 is 38.0 Å². The summed E-state index contributed by atoms with van der Waals surface area (Å²) >= 11 is 3.51. The summed E-state index contributed by atoms with van der Waals surface area (Å²) in [6.45, 7) is 6.82. The van der Waals surface area contributed by atoms with Gasteiger partial charge in [0.15, 0.2) is 11.0 Å². The van der Waals surface area contributed by atoms with E-state index >= 15 is 0 Å². The van der Waals surface area contributed by atoms with E-state index in [0.29, 0.717) is 0 Å². The summed E-state index contributed by atoms with van der Waals surface area (Å²) in [7, 11) is 0. The van der Waals surface area contributed by atoms with Crippen LogP contribution in [-0.4, -0.2) is 56.3 Å². The van der Waals surface area contributed by atoms with E-state index in [-0.39, 0.29) is 6.04 Å². The lowest BCUT2D eigenvalue weighted by Gasteiger charge is -2.37. The number of thiophene rings is 1. The predicted molar refractivity (Wildman–Crippen MR) is 113 cm³/mol. The van der Waals surface area contributed by atoms with Crippen LogP contribution in [-0.2, 0) is 6.54 Å². The number of hydrogen-bond donors (Lipinski definition) is 0.